The van der Waals surface area contributed by atoms with E-state index in [1.165, 1.54) is 65.6 Å². The van der Waals surface area contributed by atoms with Crippen molar-refractivity contribution in [3.05, 3.63) is 206 Å². The van der Waals surface area contributed by atoms with Crippen molar-refractivity contribution < 1.29 is 0 Å². The number of rotatable bonds is 6. The minimum absolute atomic E-state index is 1.11. The van der Waals surface area contributed by atoms with E-state index in [9.17, 15) is 0 Å². The molecule has 0 amide bonds. The van der Waals surface area contributed by atoms with E-state index in [0.717, 1.165) is 22.7 Å². The summed E-state index contributed by atoms with van der Waals surface area (Å²) in [5.41, 5.74) is 11.7. The molecular formula is C50H34N2. The molecule has 0 saturated carbocycles. The van der Waals surface area contributed by atoms with E-state index < -0.39 is 0 Å². The van der Waals surface area contributed by atoms with Gasteiger partial charge in [-0.2, -0.15) is 0 Å². The molecule has 1 heterocycles. The molecule has 0 aliphatic carbocycles. The van der Waals surface area contributed by atoms with Crippen molar-refractivity contribution in [2.45, 2.75) is 0 Å². The molecule has 9 aromatic carbocycles. The number of fused-ring (bicyclic) bond motifs is 6. The molecule has 0 aliphatic rings. The van der Waals surface area contributed by atoms with Gasteiger partial charge in [-0.3, -0.25) is 0 Å². The Kier molecular flexibility index (Phi) is 7.18. The Bertz CT molecular complexity index is 2890. The van der Waals surface area contributed by atoms with Crippen molar-refractivity contribution >= 4 is 60.4 Å². The molecule has 0 spiro atoms. The van der Waals surface area contributed by atoms with E-state index in [0.29, 0.717) is 0 Å². The number of nitrogens with zero attached hydrogens (tertiary/aromatic N) is 2. The molecule has 10 aromatic rings. The number of hydrogen-bond acceptors (Lipinski definition) is 1. The first-order valence-electron chi connectivity index (χ1n) is 17.8. The molecule has 0 bridgehead atoms. The maximum Gasteiger partial charge on any atom is 0.0619 e. The maximum atomic E-state index is 2.45. The van der Waals surface area contributed by atoms with Crippen LogP contribution in [0, 0.1) is 0 Å². The highest BCUT2D eigenvalue weighted by atomic mass is 15.1. The Morgan fingerprint density at radius 1 is 0.308 bits per heavy atom. The second-order valence-electron chi connectivity index (χ2n) is 13.4. The Morgan fingerprint density at radius 3 is 1.71 bits per heavy atom. The van der Waals surface area contributed by atoms with Gasteiger partial charge in [0.05, 0.1) is 11.0 Å². The van der Waals surface area contributed by atoms with Gasteiger partial charge in [0.25, 0.3) is 0 Å². The van der Waals surface area contributed by atoms with Gasteiger partial charge in [-0.25, -0.2) is 0 Å². The summed E-state index contributed by atoms with van der Waals surface area (Å²) >= 11 is 0. The molecule has 10 rings (SSSR count). The van der Waals surface area contributed by atoms with Crippen LogP contribution in [0.1, 0.15) is 0 Å². The zero-order valence-corrected chi connectivity index (χ0v) is 28.5. The van der Waals surface area contributed by atoms with Crippen LogP contribution in [0.3, 0.4) is 0 Å². The van der Waals surface area contributed by atoms with Crippen LogP contribution >= 0.6 is 0 Å². The van der Waals surface area contributed by atoms with Gasteiger partial charge in [0, 0.05) is 38.9 Å². The fraction of sp³-hybridized carbons (Fsp3) is 0. The molecule has 0 saturated heterocycles. The fourth-order valence-corrected chi connectivity index (χ4v) is 7.83. The Balaban J connectivity index is 1.15. The van der Waals surface area contributed by atoms with E-state index in [4.69, 9.17) is 0 Å². The number of aromatic nitrogens is 1. The molecule has 0 atom stereocenters. The fourth-order valence-electron chi connectivity index (χ4n) is 7.83. The summed E-state index contributed by atoms with van der Waals surface area (Å²) in [6.07, 6.45) is 0. The number of para-hydroxylation sites is 1. The number of benzene rings is 9. The molecule has 2 heteroatoms. The summed E-state index contributed by atoms with van der Waals surface area (Å²) in [6.45, 7) is 0. The van der Waals surface area contributed by atoms with Gasteiger partial charge < -0.3 is 9.47 Å². The molecular weight excluding hydrogens is 629 g/mol. The minimum Gasteiger partial charge on any atom is -0.310 e. The molecule has 1 aromatic heterocycles. The molecule has 244 valence electrons. The lowest BCUT2D eigenvalue weighted by atomic mass is 10.0. The molecule has 0 fully saturated rings. The van der Waals surface area contributed by atoms with Crippen LogP contribution in [0.15, 0.2) is 206 Å². The third-order valence-electron chi connectivity index (χ3n) is 10.3. The van der Waals surface area contributed by atoms with Crippen LogP contribution in [0.25, 0.3) is 71.3 Å². The van der Waals surface area contributed by atoms with Gasteiger partial charge >= 0.3 is 0 Å². The Labute approximate surface area is 303 Å². The average molecular weight is 663 g/mol. The first kappa shape index (κ1) is 30.0. The Hall–Kier alpha value is -6.90. The minimum atomic E-state index is 1.11. The van der Waals surface area contributed by atoms with Crippen molar-refractivity contribution in [3.8, 4) is 27.9 Å². The third-order valence-corrected chi connectivity index (χ3v) is 10.3. The van der Waals surface area contributed by atoms with Crippen LogP contribution in [0.4, 0.5) is 17.1 Å². The SMILES string of the molecule is c1ccc(-c2ccc(N(c3cccc(-c4ccccc4)c3)c3ccc4ccc(-n5c6ccccc6c6ccc7ccccc7c65)cc4c3)cc2)cc1. The Morgan fingerprint density at radius 2 is 0.904 bits per heavy atom. The highest BCUT2D eigenvalue weighted by molar-refractivity contribution is 6.18. The highest BCUT2D eigenvalue weighted by Crippen LogP contribution is 2.40. The zero-order valence-electron chi connectivity index (χ0n) is 28.5. The van der Waals surface area contributed by atoms with Crippen LogP contribution in [-0.4, -0.2) is 4.57 Å². The van der Waals surface area contributed by atoms with Crippen molar-refractivity contribution in [2.75, 3.05) is 4.90 Å². The lowest BCUT2D eigenvalue weighted by Gasteiger charge is -2.26. The summed E-state index contributed by atoms with van der Waals surface area (Å²) in [7, 11) is 0. The lowest BCUT2D eigenvalue weighted by Crippen LogP contribution is -2.10. The smallest absolute Gasteiger partial charge is 0.0619 e. The predicted octanol–water partition coefficient (Wildman–Crippen LogP) is 13.9. The molecule has 0 N–H and O–H groups in total. The van der Waals surface area contributed by atoms with Gasteiger partial charge in [0.15, 0.2) is 0 Å². The lowest BCUT2D eigenvalue weighted by molar-refractivity contribution is 1.19. The maximum absolute atomic E-state index is 2.45. The van der Waals surface area contributed by atoms with E-state index >= 15 is 0 Å². The second kappa shape index (κ2) is 12.5. The summed E-state index contributed by atoms with van der Waals surface area (Å²) in [5, 5.41) is 7.43. The van der Waals surface area contributed by atoms with Crippen LogP contribution in [0.2, 0.25) is 0 Å². The predicted molar refractivity (Wildman–Crippen MR) is 221 cm³/mol. The van der Waals surface area contributed by atoms with Crippen molar-refractivity contribution in [1.82, 2.24) is 4.57 Å². The van der Waals surface area contributed by atoms with Crippen molar-refractivity contribution in [3.63, 3.8) is 0 Å². The average Bonchev–Trinajstić information content (AvgIpc) is 3.57. The van der Waals surface area contributed by atoms with Gasteiger partial charge in [0.2, 0.25) is 0 Å². The zero-order chi connectivity index (χ0) is 34.4. The normalized spacial score (nSPS) is 11.5. The third kappa shape index (κ3) is 5.12. The molecule has 52 heavy (non-hydrogen) atoms. The quantitative estimate of drug-likeness (QED) is 0.172. The van der Waals surface area contributed by atoms with E-state index in [1.54, 1.807) is 0 Å². The first-order valence-corrected chi connectivity index (χ1v) is 17.8. The molecule has 2 nitrogen and oxygen atoms in total. The van der Waals surface area contributed by atoms with Gasteiger partial charge in [0.1, 0.15) is 0 Å². The summed E-state index contributed by atoms with van der Waals surface area (Å²) in [5.74, 6) is 0. The van der Waals surface area contributed by atoms with Crippen LogP contribution < -0.4 is 4.90 Å². The van der Waals surface area contributed by atoms with E-state index in [2.05, 4.69) is 216 Å². The summed E-state index contributed by atoms with van der Waals surface area (Å²) in [4.78, 5) is 2.38. The highest BCUT2D eigenvalue weighted by Gasteiger charge is 2.17. The van der Waals surface area contributed by atoms with Crippen LogP contribution in [-0.2, 0) is 0 Å². The summed E-state index contributed by atoms with van der Waals surface area (Å²) < 4.78 is 2.45. The topological polar surface area (TPSA) is 8.17 Å². The van der Waals surface area contributed by atoms with Crippen molar-refractivity contribution in [2.24, 2.45) is 0 Å². The van der Waals surface area contributed by atoms with E-state index in [1.807, 2.05) is 0 Å². The largest absolute Gasteiger partial charge is 0.310 e. The molecule has 0 radical (unpaired) electrons. The summed E-state index contributed by atoms with van der Waals surface area (Å²) in [6, 6.07) is 74.7. The van der Waals surface area contributed by atoms with Gasteiger partial charge in [-0.05, 0) is 93.0 Å². The standard InChI is InChI=1S/C50H34N2/c1-3-12-35(13-4-1)37-22-27-42(28-23-37)51(43-18-11-17-40(32-43)36-14-5-2-6-15-36)44-29-24-38-25-30-45(34-41(38)33-44)52-49-21-10-9-20-47(49)48-31-26-39-16-7-8-19-46(39)50(48)52/h1-34H. The van der Waals surface area contributed by atoms with Gasteiger partial charge in [-0.15, -0.1) is 0 Å². The van der Waals surface area contributed by atoms with Crippen LogP contribution in [0.5, 0.6) is 0 Å². The van der Waals surface area contributed by atoms with Crippen molar-refractivity contribution in [1.29, 1.82) is 0 Å². The van der Waals surface area contributed by atoms with Gasteiger partial charge in [-0.1, -0.05) is 152 Å². The molecule has 0 unspecified atom stereocenters. The number of hydrogen-bond donors (Lipinski definition) is 0. The molecule has 0 aliphatic heterocycles. The monoisotopic (exact) mass is 662 g/mol. The number of anilines is 3. The second-order valence-corrected chi connectivity index (χ2v) is 13.4. The first-order chi connectivity index (χ1) is 25.8. The van der Waals surface area contributed by atoms with E-state index in [-0.39, 0.29) is 0 Å².